The summed E-state index contributed by atoms with van der Waals surface area (Å²) in [5.41, 5.74) is 8.61. The highest BCUT2D eigenvalue weighted by atomic mass is 16.2. The summed E-state index contributed by atoms with van der Waals surface area (Å²) in [7, 11) is 0. The highest BCUT2D eigenvalue weighted by Crippen LogP contribution is 2.29. The normalized spacial score (nSPS) is 20.7. The SMILES string of the molecule is Cc1ccc2n1CCN(C(=O)CC(N)C(C)(C)C)C2C. The molecule has 4 nitrogen and oxygen atoms in total. The topological polar surface area (TPSA) is 51.3 Å². The maximum atomic E-state index is 12.5. The van der Waals surface area contributed by atoms with Crippen LogP contribution < -0.4 is 5.73 Å². The summed E-state index contributed by atoms with van der Waals surface area (Å²) in [6, 6.07) is 4.29. The molecule has 112 valence electrons. The van der Waals surface area contributed by atoms with E-state index in [0.717, 1.165) is 13.1 Å². The van der Waals surface area contributed by atoms with Crippen LogP contribution in [0.3, 0.4) is 0 Å². The molecule has 0 fully saturated rings. The van der Waals surface area contributed by atoms with Crippen LogP contribution in [0.5, 0.6) is 0 Å². The average molecular weight is 277 g/mol. The number of carbonyl (C=O) groups is 1. The Bertz CT molecular complexity index is 498. The van der Waals surface area contributed by atoms with Gasteiger partial charge in [-0.3, -0.25) is 4.79 Å². The fourth-order valence-electron chi connectivity index (χ4n) is 2.77. The minimum Gasteiger partial charge on any atom is -0.345 e. The van der Waals surface area contributed by atoms with Crippen LogP contribution in [0.4, 0.5) is 0 Å². The zero-order chi connectivity index (χ0) is 15.1. The molecule has 1 aromatic rings. The monoisotopic (exact) mass is 277 g/mol. The van der Waals surface area contributed by atoms with Gasteiger partial charge in [-0.1, -0.05) is 20.8 Å². The second kappa shape index (κ2) is 5.24. The third-order valence-electron chi connectivity index (χ3n) is 4.52. The minimum atomic E-state index is -0.0994. The lowest BCUT2D eigenvalue weighted by molar-refractivity contribution is -0.135. The first-order chi connectivity index (χ1) is 9.21. The molecule has 2 atom stereocenters. The van der Waals surface area contributed by atoms with Crippen LogP contribution >= 0.6 is 0 Å². The molecule has 1 aromatic heterocycles. The van der Waals surface area contributed by atoms with Gasteiger partial charge in [0.15, 0.2) is 0 Å². The smallest absolute Gasteiger partial charge is 0.224 e. The van der Waals surface area contributed by atoms with E-state index in [2.05, 4.69) is 51.3 Å². The lowest BCUT2D eigenvalue weighted by atomic mass is 9.85. The first-order valence-corrected chi connectivity index (χ1v) is 7.43. The van der Waals surface area contributed by atoms with Gasteiger partial charge in [0.2, 0.25) is 5.91 Å². The number of nitrogens with two attached hydrogens (primary N) is 1. The van der Waals surface area contributed by atoms with Crippen LogP contribution in [0.15, 0.2) is 12.1 Å². The molecule has 0 aromatic carbocycles. The Kier molecular flexibility index (Phi) is 3.96. The van der Waals surface area contributed by atoms with Crippen molar-refractivity contribution in [2.24, 2.45) is 11.1 Å². The lowest BCUT2D eigenvalue weighted by Gasteiger charge is -2.37. The van der Waals surface area contributed by atoms with E-state index < -0.39 is 0 Å². The van der Waals surface area contributed by atoms with E-state index in [1.807, 2.05) is 4.90 Å². The fraction of sp³-hybridized carbons (Fsp3) is 0.688. The van der Waals surface area contributed by atoms with Gasteiger partial charge in [0, 0.05) is 36.9 Å². The number of nitrogens with zero attached hydrogens (tertiary/aromatic N) is 2. The van der Waals surface area contributed by atoms with Crippen LogP contribution in [0, 0.1) is 12.3 Å². The molecule has 1 aliphatic heterocycles. The van der Waals surface area contributed by atoms with Crippen molar-refractivity contribution < 1.29 is 4.79 Å². The number of aromatic nitrogens is 1. The van der Waals surface area contributed by atoms with E-state index in [9.17, 15) is 4.79 Å². The van der Waals surface area contributed by atoms with Crippen molar-refractivity contribution in [3.8, 4) is 0 Å². The standard InChI is InChI=1S/C16H27N3O/c1-11-6-7-13-12(2)19(9-8-18(11)13)15(20)10-14(17)16(3,4)5/h6-7,12,14H,8-10,17H2,1-5H3. The molecule has 1 aliphatic rings. The van der Waals surface area contributed by atoms with Crippen LogP contribution in [-0.2, 0) is 11.3 Å². The summed E-state index contributed by atoms with van der Waals surface area (Å²) in [6.45, 7) is 12.1. The molecular weight excluding hydrogens is 250 g/mol. The summed E-state index contributed by atoms with van der Waals surface area (Å²) in [5.74, 6) is 0.171. The van der Waals surface area contributed by atoms with Crippen molar-refractivity contribution in [3.63, 3.8) is 0 Å². The molecule has 0 radical (unpaired) electrons. The molecule has 0 aliphatic carbocycles. The van der Waals surface area contributed by atoms with Crippen molar-refractivity contribution in [2.75, 3.05) is 6.54 Å². The fourth-order valence-corrected chi connectivity index (χ4v) is 2.77. The largest absolute Gasteiger partial charge is 0.345 e. The molecule has 2 unspecified atom stereocenters. The summed E-state index contributed by atoms with van der Waals surface area (Å²) >= 11 is 0. The van der Waals surface area contributed by atoms with Crippen molar-refractivity contribution in [1.82, 2.24) is 9.47 Å². The minimum absolute atomic E-state index is 0.0362. The Morgan fingerprint density at radius 1 is 1.40 bits per heavy atom. The maximum absolute atomic E-state index is 12.5. The predicted molar refractivity (Wildman–Crippen MR) is 81.3 cm³/mol. The molecule has 2 rings (SSSR count). The lowest BCUT2D eigenvalue weighted by Crippen LogP contribution is -2.45. The molecule has 2 N–H and O–H groups in total. The molecule has 20 heavy (non-hydrogen) atoms. The number of hydrogen-bond donors (Lipinski definition) is 1. The molecule has 0 saturated heterocycles. The third kappa shape index (κ3) is 2.75. The van der Waals surface area contributed by atoms with E-state index in [-0.39, 0.29) is 23.4 Å². The molecule has 0 saturated carbocycles. The van der Waals surface area contributed by atoms with Gasteiger partial charge in [0.1, 0.15) is 0 Å². The quantitative estimate of drug-likeness (QED) is 0.903. The van der Waals surface area contributed by atoms with Crippen molar-refractivity contribution >= 4 is 5.91 Å². The highest BCUT2D eigenvalue weighted by molar-refractivity contribution is 5.77. The summed E-state index contributed by atoms with van der Waals surface area (Å²) in [4.78, 5) is 14.5. The maximum Gasteiger partial charge on any atom is 0.224 e. The second-order valence-electron chi connectivity index (χ2n) is 6.99. The molecule has 2 heterocycles. The van der Waals surface area contributed by atoms with E-state index in [4.69, 9.17) is 5.73 Å². The summed E-state index contributed by atoms with van der Waals surface area (Å²) in [6.07, 6.45) is 0.424. The zero-order valence-electron chi connectivity index (χ0n) is 13.3. The molecule has 4 heteroatoms. The predicted octanol–water partition coefficient (Wildman–Crippen LogP) is 2.46. The first kappa shape index (κ1) is 15.1. The van der Waals surface area contributed by atoms with Crippen molar-refractivity contribution in [3.05, 3.63) is 23.5 Å². The Morgan fingerprint density at radius 2 is 2.05 bits per heavy atom. The molecular formula is C16H27N3O. The van der Waals surface area contributed by atoms with E-state index >= 15 is 0 Å². The number of carbonyl (C=O) groups excluding carboxylic acids is 1. The highest BCUT2D eigenvalue weighted by Gasteiger charge is 2.31. The van der Waals surface area contributed by atoms with Gasteiger partial charge in [-0.25, -0.2) is 0 Å². The number of hydrogen-bond acceptors (Lipinski definition) is 2. The van der Waals surface area contributed by atoms with Crippen LogP contribution in [-0.4, -0.2) is 28.0 Å². The van der Waals surface area contributed by atoms with Crippen LogP contribution in [0.1, 0.15) is 51.5 Å². The van der Waals surface area contributed by atoms with Gasteiger partial charge in [0.25, 0.3) is 0 Å². The van der Waals surface area contributed by atoms with Gasteiger partial charge in [0.05, 0.1) is 6.04 Å². The van der Waals surface area contributed by atoms with Gasteiger partial charge < -0.3 is 15.2 Å². The molecule has 1 amide bonds. The zero-order valence-corrected chi connectivity index (χ0v) is 13.3. The van der Waals surface area contributed by atoms with Crippen molar-refractivity contribution in [1.29, 1.82) is 0 Å². The van der Waals surface area contributed by atoms with Crippen LogP contribution in [0.2, 0.25) is 0 Å². The Morgan fingerprint density at radius 3 is 2.65 bits per heavy atom. The third-order valence-corrected chi connectivity index (χ3v) is 4.52. The number of amides is 1. The first-order valence-electron chi connectivity index (χ1n) is 7.43. The number of rotatable bonds is 2. The second-order valence-corrected chi connectivity index (χ2v) is 6.99. The van der Waals surface area contributed by atoms with Gasteiger partial charge in [-0.05, 0) is 31.4 Å². The average Bonchev–Trinajstić information content (AvgIpc) is 2.71. The molecule has 0 spiro atoms. The summed E-state index contributed by atoms with van der Waals surface area (Å²) in [5, 5.41) is 0. The van der Waals surface area contributed by atoms with E-state index in [1.165, 1.54) is 11.4 Å². The Labute approximate surface area is 121 Å². The van der Waals surface area contributed by atoms with E-state index in [1.54, 1.807) is 0 Å². The van der Waals surface area contributed by atoms with Gasteiger partial charge >= 0.3 is 0 Å². The van der Waals surface area contributed by atoms with Gasteiger partial charge in [-0.2, -0.15) is 0 Å². The molecule has 0 bridgehead atoms. The van der Waals surface area contributed by atoms with E-state index in [0.29, 0.717) is 6.42 Å². The Hall–Kier alpha value is -1.29. The van der Waals surface area contributed by atoms with Crippen LogP contribution in [0.25, 0.3) is 0 Å². The Balaban J connectivity index is 2.10. The summed E-state index contributed by atoms with van der Waals surface area (Å²) < 4.78 is 2.30. The van der Waals surface area contributed by atoms with Crippen molar-refractivity contribution in [2.45, 2.75) is 59.7 Å². The number of aryl methyl sites for hydroxylation is 1. The number of fused-ring (bicyclic) bond motifs is 1. The van der Waals surface area contributed by atoms with Gasteiger partial charge in [-0.15, -0.1) is 0 Å².